The number of nitrogens with zero attached hydrogens (tertiary/aromatic N) is 3. The molecule has 4 amide bonds. The van der Waals surface area contributed by atoms with Crippen LogP contribution >= 0.6 is 0 Å². The van der Waals surface area contributed by atoms with Crippen molar-refractivity contribution in [1.29, 1.82) is 0 Å². The average Bonchev–Trinajstić information content (AvgIpc) is 3.29. The van der Waals surface area contributed by atoms with Crippen molar-refractivity contribution in [3.63, 3.8) is 0 Å². The molecule has 2 aliphatic heterocycles. The van der Waals surface area contributed by atoms with Crippen LogP contribution in [0.4, 0.5) is 0 Å². The van der Waals surface area contributed by atoms with Crippen LogP contribution in [0, 0.1) is 0 Å². The SMILES string of the molecule is Cn1cnc(C[C@H](NC(=O)[C@@H]2CCCC(=O)N2)C(=O)N2CCC[C@H]2C(N)=O)c1. The summed E-state index contributed by atoms with van der Waals surface area (Å²) in [6.07, 6.45) is 6.31. The van der Waals surface area contributed by atoms with E-state index in [-0.39, 0.29) is 18.2 Å². The van der Waals surface area contributed by atoms with Gasteiger partial charge in [-0.1, -0.05) is 0 Å². The van der Waals surface area contributed by atoms with Crippen molar-refractivity contribution in [2.75, 3.05) is 6.54 Å². The first-order valence-electron chi connectivity index (χ1n) is 9.51. The Morgan fingerprint density at radius 1 is 1.36 bits per heavy atom. The van der Waals surface area contributed by atoms with Crippen LogP contribution in [0.3, 0.4) is 0 Å². The maximum absolute atomic E-state index is 13.1. The maximum atomic E-state index is 13.1. The van der Waals surface area contributed by atoms with E-state index in [4.69, 9.17) is 5.73 Å². The van der Waals surface area contributed by atoms with Gasteiger partial charge in [0.2, 0.25) is 23.6 Å². The van der Waals surface area contributed by atoms with E-state index < -0.39 is 29.9 Å². The topological polar surface area (TPSA) is 139 Å². The lowest BCUT2D eigenvalue weighted by Crippen LogP contribution is -2.57. The quantitative estimate of drug-likeness (QED) is 0.548. The van der Waals surface area contributed by atoms with Gasteiger partial charge < -0.3 is 25.8 Å². The van der Waals surface area contributed by atoms with Gasteiger partial charge in [0.15, 0.2) is 0 Å². The number of aryl methyl sites for hydroxylation is 1. The predicted molar refractivity (Wildman–Crippen MR) is 98.6 cm³/mol. The fourth-order valence-corrected chi connectivity index (χ4v) is 3.78. The molecule has 0 aliphatic carbocycles. The zero-order chi connectivity index (χ0) is 20.3. The summed E-state index contributed by atoms with van der Waals surface area (Å²) in [5.74, 6) is -1.49. The highest BCUT2D eigenvalue weighted by atomic mass is 16.2. The summed E-state index contributed by atoms with van der Waals surface area (Å²) in [7, 11) is 1.81. The number of aromatic nitrogens is 2. The highest BCUT2D eigenvalue weighted by Gasteiger charge is 2.38. The number of carbonyl (C=O) groups is 4. The fourth-order valence-electron chi connectivity index (χ4n) is 3.78. The van der Waals surface area contributed by atoms with Gasteiger partial charge in [0.25, 0.3) is 0 Å². The lowest BCUT2D eigenvalue weighted by molar-refractivity contribution is -0.141. The van der Waals surface area contributed by atoms with Crippen molar-refractivity contribution in [3.8, 4) is 0 Å². The Kier molecular flexibility index (Phi) is 5.96. The van der Waals surface area contributed by atoms with Gasteiger partial charge in [0, 0.05) is 32.6 Å². The average molecular weight is 390 g/mol. The number of carbonyl (C=O) groups excluding carboxylic acids is 4. The Balaban J connectivity index is 1.76. The van der Waals surface area contributed by atoms with E-state index in [9.17, 15) is 19.2 Å². The van der Waals surface area contributed by atoms with Crippen LogP contribution in [0.2, 0.25) is 0 Å². The standard InChI is InChI=1S/C18H26N6O4/c1-23-9-11(20-10-23)8-13(18(28)24-7-3-5-14(24)16(19)26)22-17(27)12-4-2-6-15(25)21-12/h9-10,12-14H,2-8H2,1H3,(H2,19,26)(H,21,25)(H,22,27)/t12-,13-,14-/m0/s1. The highest BCUT2D eigenvalue weighted by Crippen LogP contribution is 2.19. The molecule has 3 atom stereocenters. The second-order valence-corrected chi connectivity index (χ2v) is 7.40. The van der Waals surface area contributed by atoms with Crippen molar-refractivity contribution < 1.29 is 19.2 Å². The largest absolute Gasteiger partial charge is 0.368 e. The normalized spacial score (nSPS) is 23.2. The van der Waals surface area contributed by atoms with Gasteiger partial charge in [-0.25, -0.2) is 4.98 Å². The summed E-state index contributed by atoms with van der Waals surface area (Å²) in [5.41, 5.74) is 6.07. The van der Waals surface area contributed by atoms with Crippen LogP contribution in [0.15, 0.2) is 12.5 Å². The summed E-state index contributed by atoms with van der Waals surface area (Å²) >= 11 is 0. The minimum Gasteiger partial charge on any atom is -0.368 e. The second kappa shape index (κ2) is 8.41. The number of nitrogens with one attached hydrogen (secondary N) is 2. The number of amides is 4. The molecular formula is C18H26N6O4. The Morgan fingerprint density at radius 2 is 2.14 bits per heavy atom. The first-order chi connectivity index (χ1) is 13.3. The minimum atomic E-state index is -0.888. The van der Waals surface area contributed by atoms with Gasteiger partial charge >= 0.3 is 0 Å². The molecule has 1 aromatic heterocycles. The van der Waals surface area contributed by atoms with Crippen molar-refractivity contribution in [3.05, 3.63) is 18.2 Å². The summed E-state index contributed by atoms with van der Waals surface area (Å²) < 4.78 is 1.75. The molecule has 2 saturated heterocycles. The predicted octanol–water partition coefficient (Wildman–Crippen LogP) is -1.41. The monoisotopic (exact) mass is 390 g/mol. The number of piperidine rings is 1. The number of rotatable bonds is 6. The number of imidazole rings is 1. The third-order valence-electron chi connectivity index (χ3n) is 5.20. The van der Waals surface area contributed by atoms with Gasteiger partial charge in [0.05, 0.1) is 12.0 Å². The number of hydrogen-bond acceptors (Lipinski definition) is 5. The van der Waals surface area contributed by atoms with E-state index in [1.807, 2.05) is 7.05 Å². The molecule has 1 aromatic rings. The van der Waals surface area contributed by atoms with E-state index >= 15 is 0 Å². The summed E-state index contributed by atoms with van der Waals surface area (Å²) in [6, 6.07) is -2.21. The molecule has 28 heavy (non-hydrogen) atoms. The lowest BCUT2D eigenvalue weighted by atomic mass is 10.0. The van der Waals surface area contributed by atoms with Gasteiger partial charge in [0.1, 0.15) is 18.1 Å². The van der Waals surface area contributed by atoms with Gasteiger partial charge in [-0.15, -0.1) is 0 Å². The molecule has 3 heterocycles. The molecule has 0 aromatic carbocycles. The van der Waals surface area contributed by atoms with Crippen LogP contribution in [0.5, 0.6) is 0 Å². The molecule has 4 N–H and O–H groups in total. The van der Waals surface area contributed by atoms with Crippen LogP contribution in [0.25, 0.3) is 0 Å². The Morgan fingerprint density at radius 3 is 2.79 bits per heavy atom. The Hall–Kier alpha value is -2.91. The first-order valence-corrected chi connectivity index (χ1v) is 9.51. The third kappa shape index (κ3) is 4.49. The van der Waals surface area contributed by atoms with Gasteiger partial charge in [-0.2, -0.15) is 0 Å². The Labute approximate surface area is 162 Å². The summed E-state index contributed by atoms with van der Waals surface area (Å²) in [4.78, 5) is 54.7. The molecule has 0 bridgehead atoms. The zero-order valence-corrected chi connectivity index (χ0v) is 15.9. The second-order valence-electron chi connectivity index (χ2n) is 7.40. The molecule has 2 aliphatic rings. The van der Waals surface area contributed by atoms with Crippen LogP contribution in [-0.2, 0) is 32.6 Å². The third-order valence-corrected chi connectivity index (χ3v) is 5.20. The molecule has 152 valence electrons. The summed E-state index contributed by atoms with van der Waals surface area (Å²) in [5, 5.41) is 5.41. The molecule has 0 unspecified atom stereocenters. The number of primary amides is 1. The van der Waals surface area contributed by atoms with Crippen molar-refractivity contribution in [1.82, 2.24) is 25.1 Å². The smallest absolute Gasteiger partial charge is 0.246 e. The van der Waals surface area contributed by atoms with Crippen molar-refractivity contribution in [2.24, 2.45) is 12.8 Å². The van der Waals surface area contributed by atoms with E-state index in [0.29, 0.717) is 44.3 Å². The Bertz CT molecular complexity index is 776. The van der Waals surface area contributed by atoms with Crippen LogP contribution < -0.4 is 16.4 Å². The first kappa shape index (κ1) is 19.8. The van der Waals surface area contributed by atoms with Gasteiger partial charge in [-0.3, -0.25) is 19.2 Å². The van der Waals surface area contributed by atoms with Crippen molar-refractivity contribution in [2.45, 2.75) is 56.7 Å². The van der Waals surface area contributed by atoms with Crippen molar-refractivity contribution >= 4 is 23.6 Å². The lowest BCUT2D eigenvalue weighted by Gasteiger charge is -2.29. The zero-order valence-electron chi connectivity index (χ0n) is 15.9. The van der Waals surface area contributed by atoms with Crippen LogP contribution in [-0.4, -0.2) is 62.7 Å². The van der Waals surface area contributed by atoms with Gasteiger partial charge in [-0.05, 0) is 25.7 Å². The number of hydrogen-bond donors (Lipinski definition) is 3. The highest BCUT2D eigenvalue weighted by molar-refractivity contribution is 5.94. The molecule has 3 rings (SSSR count). The minimum absolute atomic E-state index is 0.174. The van der Waals surface area contributed by atoms with E-state index in [1.165, 1.54) is 4.90 Å². The molecule has 10 heteroatoms. The fraction of sp³-hybridized carbons (Fsp3) is 0.611. The molecule has 0 spiro atoms. The van der Waals surface area contributed by atoms with Crippen LogP contribution in [0.1, 0.15) is 37.8 Å². The van der Waals surface area contributed by atoms with E-state index in [1.54, 1.807) is 17.1 Å². The number of likely N-dealkylation sites (tertiary alicyclic amines) is 1. The molecule has 10 nitrogen and oxygen atoms in total. The summed E-state index contributed by atoms with van der Waals surface area (Å²) in [6.45, 7) is 0.418. The molecule has 0 radical (unpaired) electrons. The maximum Gasteiger partial charge on any atom is 0.246 e. The molecule has 2 fully saturated rings. The molecular weight excluding hydrogens is 364 g/mol. The van der Waals surface area contributed by atoms with E-state index in [0.717, 1.165) is 0 Å². The number of nitrogens with two attached hydrogens (primary N) is 1. The van der Waals surface area contributed by atoms with E-state index in [2.05, 4.69) is 15.6 Å². The molecule has 0 saturated carbocycles.